The van der Waals surface area contributed by atoms with Crippen molar-refractivity contribution in [3.8, 4) is 22.6 Å². The van der Waals surface area contributed by atoms with Crippen LogP contribution in [0, 0.1) is 0 Å². The first kappa shape index (κ1) is 51.0. The van der Waals surface area contributed by atoms with E-state index in [0.29, 0.717) is 0 Å². The highest BCUT2D eigenvalue weighted by Gasteiger charge is 2.45. The first-order valence-electron chi connectivity index (χ1n) is 28.4. The molecule has 2 aliphatic heterocycles. The topological polar surface area (TPSA) is 36.0 Å². The Morgan fingerprint density at radius 1 is 0.338 bits per heavy atom. The van der Waals surface area contributed by atoms with Gasteiger partial charge < -0.3 is 23.5 Å². The number of para-hydroxylation sites is 2. The van der Waals surface area contributed by atoms with Gasteiger partial charge in [0.25, 0.3) is 6.71 Å². The molecule has 9 aromatic carbocycles. The zero-order valence-electron chi connectivity index (χ0n) is 48.4. The third-order valence-corrected chi connectivity index (χ3v) is 16.7. The molecule has 0 saturated heterocycles. The molecule has 0 amide bonds. The van der Waals surface area contributed by atoms with Crippen molar-refractivity contribution in [1.29, 1.82) is 0 Å². The Kier molecular flexibility index (Phi) is 11.8. The van der Waals surface area contributed by atoms with E-state index in [-0.39, 0.29) is 28.4 Å². The number of nitrogens with zero attached hydrogens (tertiary/aromatic N) is 3. The van der Waals surface area contributed by atoms with E-state index in [2.05, 4.69) is 280 Å². The van der Waals surface area contributed by atoms with E-state index in [9.17, 15) is 0 Å². The van der Waals surface area contributed by atoms with Crippen LogP contribution < -0.4 is 31.1 Å². The molecular formula is C74H70BN3O2. The minimum Gasteiger partial charge on any atom is -0.456 e. The number of furan rings is 2. The van der Waals surface area contributed by atoms with Gasteiger partial charge in [0.2, 0.25) is 0 Å². The lowest BCUT2D eigenvalue weighted by atomic mass is 9.33. The maximum atomic E-state index is 6.46. The summed E-state index contributed by atoms with van der Waals surface area (Å²) in [5.41, 5.74) is 22.7. The van der Waals surface area contributed by atoms with Crippen LogP contribution in [-0.2, 0) is 21.7 Å². The minimum absolute atomic E-state index is 0.0119. The van der Waals surface area contributed by atoms with Crippen molar-refractivity contribution >= 4 is 96.2 Å². The van der Waals surface area contributed by atoms with Gasteiger partial charge in [0.1, 0.15) is 22.7 Å². The molecule has 4 heterocycles. The summed E-state index contributed by atoms with van der Waals surface area (Å²) < 4.78 is 12.9. The predicted molar refractivity (Wildman–Crippen MR) is 340 cm³/mol. The van der Waals surface area contributed by atoms with Crippen molar-refractivity contribution in [3.63, 3.8) is 0 Å². The molecular weight excluding hydrogens is 974 g/mol. The first-order valence-corrected chi connectivity index (χ1v) is 28.4. The van der Waals surface area contributed by atoms with Crippen LogP contribution in [-0.4, -0.2) is 6.71 Å². The molecule has 0 aliphatic carbocycles. The summed E-state index contributed by atoms with van der Waals surface area (Å²) in [5, 5.41) is 2.18. The standard InChI is InChI=1S/C74H70BN3O2/c1-71(2,3)51-25-35-56(36-26-51)76(55-31-21-47(22-32-55)68-41-49-17-13-15-19-66(49)79-68)59-45-64-70-65(46-59)78(58-37-27-52(28-38-58)72(4,5)6)63-40-30-54(74(10,11)12)44-61(63)75(70)60-43-53(73(7,8)9)29-39-62(60)77(64)57-33-23-48(24-34-57)69-42-50-18-14-16-20-67(50)80-69/h13-46H,1-12H3. The van der Waals surface area contributed by atoms with Crippen LogP contribution in [0.1, 0.15) is 105 Å². The Morgan fingerprint density at radius 3 is 1.11 bits per heavy atom. The Morgan fingerprint density at radius 2 is 0.700 bits per heavy atom. The molecule has 11 aromatic rings. The van der Waals surface area contributed by atoms with E-state index in [1.54, 1.807) is 0 Å². The van der Waals surface area contributed by atoms with Crippen LogP contribution in [0.5, 0.6) is 0 Å². The molecule has 2 aromatic heterocycles. The van der Waals surface area contributed by atoms with Gasteiger partial charge in [-0.15, -0.1) is 0 Å². The van der Waals surface area contributed by atoms with Gasteiger partial charge in [-0.2, -0.15) is 0 Å². The fourth-order valence-corrected chi connectivity index (χ4v) is 12.1. The number of anilines is 9. The van der Waals surface area contributed by atoms with Crippen molar-refractivity contribution in [3.05, 3.63) is 229 Å². The molecule has 2 aliphatic rings. The maximum Gasteiger partial charge on any atom is 0.252 e. The quantitative estimate of drug-likeness (QED) is 0.149. The summed E-state index contributed by atoms with van der Waals surface area (Å²) in [6, 6.07) is 76.7. The Bertz CT molecular complexity index is 4090. The first-order chi connectivity index (χ1) is 38.2. The molecule has 0 spiro atoms. The molecule has 0 fully saturated rings. The highest BCUT2D eigenvalue weighted by molar-refractivity contribution is 7.00. The predicted octanol–water partition coefficient (Wildman–Crippen LogP) is 19.3. The Labute approximate surface area is 473 Å². The van der Waals surface area contributed by atoms with Crippen LogP contribution in [0.3, 0.4) is 0 Å². The van der Waals surface area contributed by atoms with E-state index >= 15 is 0 Å². The van der Waals surface area contributed by atoms with E-state index in [0.717, 1.165) is 84.4 Å². The molecule has 0 N–H and O–H groups in total. The molecule has 6 heteroatoms. The average molecular weight is 1040 g/mol. The molecule has 13 rings (SSSR count). The summed E-state index contributed by atoms with van der Waals surface area (Å²) in [4.78, 5) is 7.54. The van der Waals surface area contributed by atoms with Crippen molar-refractivity contribution in [2.75, 3.05) is 14.7 Å². The van der Waals surface area contributed by atoms with E-state index in [1.807, 2.05) is 24.3 Å². The molecule has 0 bridgehead atoms. The highest BCUT2D eigenvalue weighted by atomic mass is 16.3. The monoisotopic (exact) mass is 1040 g/mol. The van der Waals surface area contributed by atoms with Gasteiger partial charge in [-0.25, -0.2) is 0 Å². The number of hydrogen-bond acceptors (Lipinski definition) is 5. The van der Waals surface area contributed by atoms with Crippen LogP contribution in [0.4, 0.5) is 51.2 Å². The fraction of sp³-hybridized carbons (Fsp3) is 0.216. The zero-order chi connectivity index (χ0) is 55.6. The second-order valence-electron chi connectivity index (χ2n) is 26.4. The van der Waals surface area contributed by atoms with Crippen LogP contribution in [0.25, 0.3) is 44.6 Å². The van der Waals surface area contributed by atoms with Crippen molar-refractivity contribution in [2.45, 2.75) is 105 Å². The third kappa shape index (κ3) is 8.90. The fourth-order valence-electron chi connectivity index (χ4n) is 12.1. The Balaban J connectivity index is 1.10. The van der Waals surface area contributed by atoms with Gasteiger partial charge in [-0.3, -0.25) is 0 Å². The van der Waals surface area contributed by atoms with Gasteiger partial charge in [0.15, 0.2) is 0 Å². The molecule has 0 atom stereocenters. The maximum absolute atomic E-state index is 6.46. The minimum atomic E-state index is -0.0877. The van der Waals surface area contributed by atoms with Crippen molar-refractivity contribution < 1.29 is 8.83 Å². The highest BCUT2D eigenvalue weighted by Crippen LogP contribution is 2.50. The molecule has 80 heavy (non-hydrogen) atoms. The van der Waals surface area contributed by atoms with Gasteiger partial charge in [0.05, 0.1) is 5.69 Å². The summed E-state index contributed by atoms with van der Waals surface area (Å²) >= 11 is 0. The van der Waals surface area contributed by atoms with Gasteiger partial charge >= 0.3 is 0 Å². The lowest BCUT2D eigenvalue weighted by Gasteiger charge is -2.45. The van der Waals surface area contributed by atoms with E-state index in [1.165, 1.54) is 50.0 Å². The van der Waals surface area contributed by atoms with Crippen LogP contribution in [0.2, 0.25) is 0 Å². The second kappa shape index (κ2) is 18.6. The second-order valence-corrected chi connectivity index (χ2v) is 26.4. The lowest BCUT2D eigenvalue weighted by molar-refractivity contribution is 0.590. The van der Waals surface area contributed by atoms with E-state index < -0.39 is 0 Å². The number of fused-ring (bicyclic) bond motifs is 6. The Hall–Kier alpha value is -8.48. The van der Waals surface area contributed by atoms with E-state index in [4.69, 9.17) is 8.83 Å². The van der Waals surface area contributed by atoms with Gasteiger partial charge in [-0.1, -0.05) is 168 Å². The SMILES string of the molecule is CC(C)(C)c1ccc(N(c2ccc(-c3cc4ccccc4o3)cc2)c2cc3c4c(c2)N(c2ccc(C(C)(C)C)cc2)c2ccc(C(C)(C)C)cc2B4c2cc(C(C)(C)C)ccc2N3c2ccc(-c3cc4ccccc4o3)cc2)cc1. The smallest absolute Gasteiger partial charge is 0.252 e. The molecule has 396 valence electrons. The third-order valence-electron chi connectivity index (χ3n) is 16.7. The van der Waals surface area contributed by atoms with Crippen molar-refractivity contribution in [1.82, 2.24) is 0 Å². The summed E-state index contributed by atoms with van der Waals surface area (Å²) in [6.07, 6.45) is 0. The normalized spacial score (nSPS) is 13.4. The van der Waals surface area contributed by atoms with Crippen molar-refractivity contribution in [2.24, 2.45) is 0 Å². The van der Waals surface area contributed by atoms with Crippen LogP contribution >= 0.6 is 0 Å². The summed E-state index contributed by atoms with van der Waals surface area (Å²) in [6.45, 7) is 27.7. The van der Waals surface area contributed by atoms with Gasteiger partial charge in [-0.05, 0) is 182 Å². The molecule has 0 radical (unpaired) electrons. The summed E-state index contributed by atoms with van der Waals surface area (Å²) in [5.74, 6) is 1.70. The zero-order valence-corrected chi connectivity index (χ0v) is 48.4. The number of hydrogen-bond donors (Lipinski definition) is 0. The average Bonchev–Trinajstić information content (AvgIpc) is 4.22. The summed E-state index contributed by atoms with van der Waals surface area (Å²) in [7, 11) is 0. The molecule has 0 unspecified atom stereocenters. The van der Waals surface area contributed by atoms with Gasteiger partial charge in [0, 0.05) is 67.4 Å². The molecule has 5 nitrogen and oxygen atoms in total. The lowest BCUT2D eigenvalue weighted by Crippen LogP contribution is -2.61. The molecule has 0 saturated carbocycles. The largest absolute Gasteiger partial charge is 0.456 e. The number of rotatable bonds is 7. The number of benzene rings is 9. The van der Waals surface area contributed by atoms with Crippen LogP contribution in [0.15, 0.2) is 215 Å².